The molecule has 4 N–H and O–H groups in total. The van der Waals surface area contributed by atoms with Gasteiger partial charge >= 0.3 is 10.3 Å². The van der Waals surface area contributed by atoms with Crippen LogP contribution in [0.4, 0.5) is 5.82 Å². The van der Waals surface area contributed by atoms with E-state index in [4.69, 9.17) is 5.14 Å². The number of aliphatic hydroxyl groups is 1. The summed E-state index contributed by atoms with van der Waals surface area (Å²) < 4.78 is 28.4. The van der Waals surface area contributed by atoms with E-state index in [1.165, 1.54) is 11.9 Å². The van der Waals surface area contributed by atoms with E-state index in [-0.39, 0.29) is 18.6 Å². The van der Waals surface area contributed by atoms with Crippen LogP contribution in [0.5, 0.6) is 0 Å². The van der Waals surface area contributed by atoms with Gasteiger partial charge in [0.2, 0.25) is 0 Å². The van der Waals surface area contributed by atoms with Gasteiger partial charge in [0.05, 0.1) is 18.8 Å². The van der Waals surface area contributed by atoms with Gasteiger partial charge in [-0.3, -0.25) is 4.18 Å². The zero-order valence-electron chi connectivity index (χ0n) is 16.8. The Morgan fingerprint density at radius 3 is 2.81 bits per heavy atom. The van der Waals surface area contributed by atoms with Crippen molar-refractivity contribution in [2.45, 2.75) is 37.8 Å². The molecule has 31 heavy (non-hydrogen) atoms. The minimum atomic E-state index is -4.05. The Labute approximate surface area is 179 Å². The fourth-order valence-electron chi connectivity index (χ4n) is 3.92. The lowest BCUT2D eigenvalue weighted by atomic mass is 10.1. The third-order valence-electron chi connectivity index (χ3n) is 5.46. The summed E-state index contributed by atoms with van der Waals surface area (Å²) in [5, 5.41) is 26.9. The van der Waals surface area contributed by atoms with Gasteiger partial charge in [-0.05, 0) is 31.2 Å². The quantitative estimate of drug-likeness (QED) is 0.403. The first-order chi connectivity index (χ1) is 14.9. The standard InChI is InChI=1S/C19H25N7O4S/c20-31(28,29)30-11-14-9-15(10-16(14)27)26-19-17(24-25-26)18(22-12-23-19)21-8-4-7-13-5-2-1-3-6-13/h1-3,5-6,12,14-16,27H,4,7-11H2,(H2,20,28,29)(H,21,22,23). The largest absolute Gasteiger partial charge is 0.393 e. The van der Waals surface area contributed by atoms with Crippen LogP contribution >= 0.6 is 0 Å². The number of aryl methyl sites for hydroxylation is 1. The van der Waals surface area contributed by atoms with Crippen molar-refractivity contribution in [1.82, 2.24) is 25.0 Å². The summed E-state index contributed by atoms with van der Waals surface area (Å²) >= 11 is 0. The summed E-state index contributed by atoms with van der Waals surface area (Å²) in [5.41, 5.74) is 2.40. The number of aliphatic hydroxyl groups excluding tert-OH is 1. The van der Waals surface area contributed by atoms with Crippen molar-refractivity contribution in [3.63, 3.8) is 0 Å². The van der Waals surface area contributed by atoms with E-state index in [0.29, 0.717) is 29.8 Å². The van der Waals surface area contributed by atoms with Gasteiger partial charge in [-0.1, -0.05) is 35.5 Å². The molecule has 0 saturated heterocycles. The predicted octanol–water partition coefficient (Wildman–Crippen LogP) is 0.798. The van der Waals surface area contributed by atoms with Crippen LogP contribution in [-0.4, -0.2) is 57.7 Å². The highest BCUT2D eigenvalue weighted by Gasteiger charge is 2.36. The summed E-state index contributed by atoms with van der Waals surface area (Å²) in [6.45, 7) is 0.551. The third-order valence-corrected chi connectivity index (χ3v) is 5.93. The number of anilines is 1. The average Bonchev–Trinajstić information content (AvgIpc) is 3.33. The monoisotopic (exact) mass is 447 g/mol. The van der Waals surface area contributed by atoms with Crippen molar-refractivity contribution in [2.75, 3.05) is 18.5 Å². The highest BCUT2D eigenvalue weighted by molar-refractivity contribution is 7.84. The van der Waals surface area contributed by atoms with Crippen LogP contribution in [0.25, 0.3) is 11.2 Å². The molecule has 0 spiro atoms. The normalized spacial score (nSPS) is 21.5. The number of aromatic nitrogens is 5. The second kappa shape index (κ2) is 9.22. The Kier molecular flexibility index (Phi) is 6.41. The topological polar surface area (TPSA) is 158 Å². The average molecular weight is 448 g/mol. The maximum atomic E-state index is 11.0. The maximum absolute atomic E-state index is 11.0. The highest BCUT2D eigenvalue weighted by atomic mass is 32.2. The molecule has 166 valence electrons. The first kappa shape index (κ1) is 21.6. The number of nitrogens with one attached hydrogen (secondary N) is 1. The molecule has 2 aromatic heterocycles. The summed E-state index contributed by atoms with van der Waals surface area (Å²) in [6.07, 6.45) is 3.47. The van der Waals surface area contributed by atoms with E-state index in [9.17, 15) is 13.5 Å². The molecule has 1 fully saturated rings. The van der Waals surface area contributed by atoms with E-state index in [1.807, 2.05) is 18.2 Å². The van der Waals surface area contributed by atoms with Gasteiger partial charge in [0, 0.05) is 12.5 Å². The van der Waals surface area contributed by atoms with Gasteiger partial charge in [0.15, 0.2) is 17.0 Å². The van der Waals surface area contributed by atoms with Crippen LogP contribution in [0.2, 0.25) is 0 Å². The lowest BCUT2D eigenvalue weighted by Gasteiger charge is -2.12. The Bertz CT molecular complexity index is 1120. The number of benzene rings is 1. The van der Waals surface area contributed by atoms with Crippen molar-refractivity contribution >= 4 is 27.3 Å². The van der Waals surface area contributed by atoms with E-state index in [1.54, 1.807) is 4.68 Å². The van der Waals surface area contributed by atoms with Gasteiger partial charge in [0.25, 0.3) is 0 Å². The molecule has 1 saturated carbocycles. The zero-order chi connectivity index (χ0) is 21.8. The smallest absolute Gasteiger partial charge is 0.333 e. The van der Waals surface area contributed by atoms with Crippen molar-refractivity contribution in [3.05, 3.63) is 42.2 Å². The van der Waals surface area contributed by atoms with Gasteiger partial charge < -0.3 is 10.4 Å². The number of nitrogens with two attached hydrogens (primary N) is 1. The summed E-state index contributed by atoms with van der Waals surface area (Å²) in [5.74, 6) is 0.233. The second-order valence-corrected chi connectivity index (χ2v) is 8.90. The van der Waals surface area contributed by atoms with Crippen LogP contribution < -0.4 is 10.5 Å². The van der Waals surface area contributed by atoms with Crippen LogP contribution in [0.1, 0.15) is 30.9 Å². The van der Waals surface area contributed by atoms with Crippen molar-refractivity contribution < 1.29 is 17.7 Å². The molecule has 3 aromatic rings. The number of fused-ring (bicyclic) bond motifs is 1. The van der Waals surface area contributed by atoms with E-state index in [2.05, 4.69) is 41.9 Å². The molecule has 1 aliphatic carbocycles. The molecule has 3 unspecified atom stereocenters. The van der Waals surface area contributed by atoms with Crippen LogP contribution in [0.3, 0.4) is 0 Å². The highest BCUT2D eigenvalue weighted by Crippen LogP contribution is 2.36. The molecule has 0 aliphatic heterocycles. The molecule has 3 atom stereocenters. The van der Waals surface area contributed by atoms with Crippen LogP contribution in [0.15, 0.2) is 36.7 Å². The first-order valence-corrected chi connectivity index (χ1v) is 11.6. The molecule has 0 radical (unpaired) electrons. The van der Waals surface area contributed by atoms with E-state index < -0.39 is 16.4 Å². The lowest BCUT2D eigenvalue weighted by molar-refractivity contribution is 0.100. The van der Waals surface area contributed by atoms with Gasteiger partial charge in [0.1, 0.15) is 6.33 Å². The van der Waals surface area contributed by atoms with Crippen molar-refractivity contribution in [2.24, 2.45) is 11.1 Å². The molecule has 11 nitrogen and oxygen atoms in total. The van der Waals surface area contributed by atoms with Crippen LogP contribution in [-0.2, 0) is 20.9 Å². The molecule has 2 heterocycles. The van der Waals surface area contributed by atoms with Gasteiger partial charge in [-0.2, -0.15) is 8.42 Å². The summed E-state index contributed by atoms with van der Waals surface area (Å²) in [6, 6.07) is 10.1. The number of nitrogens with zero attached hydrogens (tertiary/aromatic N) is 5. The molecular weight excluding hydrogens is 422 g/mol. The van der Waals surface area contributed by atoms with Gasteiger partial charge in [-0.15, -0.1) is 5.10 Å². The molecule has 12 heteroatoms. The molecular formula is C19H25N7O4S. The third kappa shape index (κ3) is 5.34. The first-order valence-electron chi connectivity index (χ1n) is 10.1. The Morgan fingerprint density at radius 1 is 1.23 bits per heavy atom. The maximum Gasteiger partial charge on any atom is 0.333 e. The Morgan fingerprint density at radius 2 is 2.03 bits per heavy atom. The molecule has 1 aromatic carbocycles. The van der Waals surface area contributed by atoms with Crippen LogP contribution in [0, 0.1) is 5.92 Å². The minimum absolute atomic E-state index is 0.174. The summed E-state index contributed by atoms with van der Waals surface area (Å²) in [4.78, 5) is 8.61. The minimum Gasteiger partial charge on any atom is -0.393 e. The summed E-state index contributed by atoms with van der Waals surface area (Å²) in [7, 11) is -4.05. The zero-order valence-corrected chi connectivity index (χ0v) is 17.6. The fourth-order valence-corrected chi connectivity index (χ4v) is 4.28. The fraction of sp³-hybridized carbons (Fsp3) is 0.474. The Balaban J connectivity index is 1.40. The van der Waals surface area contributed by atoms with Crippen molar-refractivity contribution in [3.8, 4) is 0 Å². The number of rotatable bonds is 9. The molecule has 0 bridgehead atoms. The molecule has 0 amide bonds. The Hall–Kier alpha value is -2.67. The number of hydrogen-bond acceptors (Lipinski definition) is 9. The molecule has 1 aliphatic rings. The SMILES string of the molecule is NS(=O)(=O)OCC1CC(n2nnc3c(NCCCc4ccccc4)ncnc32)CC1O. The predicted molar refractivity (Wildman–Crippen MR) is 113 cm³/mol. The van der Waals surface area contributed by atoms with E-state index >= 15 is 0 Å². The second-order valence-electron chi connectivity index (χ2n) is 7.67. The van der Waals surface area contributed by atoms with Gasteiger partial charge in [-0.25, -0.2) is 19.8 Å². The lowest BCUT2D eigenvalue weighted by Crippen LogP contribution is -2.24. The van der Waals surface area contributed by atoms with Crippen molar-refractivity contribution in [1.29, 1.82) is 0 Å². The number of hydrogen-bond donors (Lipinski definition) is 3. The molecule has 4 rings (SSSR count). The van der Waals surface area contributed by atoms with E-state index in [0.717, 1.165) is 19.4 Å².